The Balaban J connectivity index is 1.63. The zero-order valence-electron chi connectivity index (χ0n) is 20.4. The lowest BCUT2D eigenvalue weighted by Gasteiger charge is -2.15. The van der Waals surface area contributed by atoms with Gasteiger partial charge in [-0.3, -0.25) is 4.79 Å². The lowest BCUT2D eigenvalue weighted by molar-refractivity contribution is -0.125. The number of likely N-dealkylation sites (tertiary alicyclic amines) is 1. The first-order valence-corrected chi connectivity index (χ1v) is 11.2. The number of nitrogens with zero attached hydrogens (tertiary/aromatic N) is 6. The highest BCUT2D eigenvalue weighted by molar-refractivity contribution is 5.91. The SMILES string of the molecule is COc1cc(C#Cc2nn(C3CCN(C(=O)/C=C/CN(C)C)C3)c3ncnc(N)c23)cc(OC)c1. The number of nitrogens with two attached hydrogens (primary N) is 1. The summed E-state index contributed by atoms with van der Waals surface area (Å²) < 4.78 is 12.5. The molecule has 2 N–H and O–H groups in total. The third kappa shape index (κ3) is 5.36. The summed E-state index contributed by atoms with van der Waals surface area (Å²) in [5, 5.41) is 5.35. The predicted octanol–water partition coefficient (Wildman–Crippen LogP) is 1.72. The van der Waals surface area contributed by atoms with Crippen molar-refractivity contribution in [3.63, 3.8) is 0 Å². The molecule has 182 valence electrons. The molecule has 1 aromatic carbocycles. The zero-order valence-corrected chi connectivity index (χ0v) is 20.4. The van der Waals surface area contributed by atoms with Gasteiger partial charge in [0.25, 0.3) is 0 Å². The fraction of sp³-hybridized carbons (Fsp3) is 0.360. The molecule has 0 bridgehead atoms. The summed E-state index contributed by atoms with van der Waals surface area (Å²) in [5.41, 5.74) is 7.99. The molecule has 3 aromatic rings. The number of carbonyl (C=O) groups excluding carboxylic acids is 1. The second-order valence-electron chi connectivity index (χ2n) is 8.49. The van der Waals surface area contributed by atoms with E-state index in [1.165, 1.54) is 6.33 Å². The fourth-order valence-electron chi connectivity index (χ4n) is 3.96. The number of benzene rings is 1. The highest BCUT2D eigenvalue weighted by Gasteiger charge is 2.29. The van der Waals surface area contributed by atoms with E-state index in [0.717, 1.165) is 6.42 Å². The molecule has 1 fully saturated rings. The summed E-state index contributed by atoms with van der Waals surface area (Å²) >= 11 is 0. The van der Waals surface area contributed by atoms with Crippen LogP contribution in [0, 0.1) is 11.8 Å². The molecule has 0 saturated carbocycles. The number of hydrogen-bond donors (Lipinski definition) is 1. The summed E-state index contributed by atoms with van der Waals surface area (Å²) in [7, 11) is 7.10. The Labute approximate surface area is 204 Å². The van der Waals surface area contributed by atoms with Gasteiger partial charge in [-0.15, -0.1) is 0 Å². The van der Waals surface area contributed by atoms with Gasteiger partial charge in [-0.1, -0.05) is 12.0 Å². The summed E-state index contributed by atoms with van der Waals surface area (Å²) in [6.07, 6.45) is 5.67. The summed E-state index contributed by atoms with van der Waals surface area (Å²) in [6.45, 7) is 1.89. The van der Waals surface area contributed by atoms with Gasteiger partial charge >= 0.3 is 0 Å². The number of nitrogen functional groups attached to an aromatic ring is 1. The van der Waals surface area contributed by atoms with E-state index in [9.17, 15) is 4.79 Å². The Morgan fingerprint density at radius 3 is 2.63 bits per heavy atom. The number of amides is 1. The molecule has 1 aliphatic heterocycles. The van der Waals surface area contributed by atoms with E-state index in [1.807, 2.05) is 46.8 Å². The summed E-state index contributed by atoms with van der Waals surface area (Å²) in [4.78, 5) is 25.0. The maximum atomic E-state index is 12.6. The molecular weight excluding hydrogens is 446 g/mol. The number of aromatic nitrogens is 4. The molecule has 2 aromatic heterocycles. The molecular formula is C25H29N7O3. The number of fused-ring (bicyclic) bond motifs is 1. The molecule has 1 aliphatic rings. The molecule has 0 aliphatic carbocycles. The highest BCUT2D eigenvalue weighted by atomic mass is 16.5. The minimum atomic E-state index is -0.0366. The van der Waals surface area contributed by atoms with Crippen molar-refractivity contribution in [1.82, 2.24) is 29.5 Å². The van der Waals surface area contributed by atoms with E-state index >= 15 is 0 Å². The molecule has 1 unspecified atom stereocenters. The normalized spacial score (nSPS) is 15.6. The van der Waals surface area contributed by atoms with E-state index in [2.05, 4.69) is 21.8 Å². The Bertz CT molecular complexity index is 1300. The van der Waals surface area contributed by atoms with E-state index < -0.39 is 0 Å². The second kappa shape index (κ2) is 10.4. The van der Waals surface area contributed by atoms with Gasteiger partial charge in [0.05, 0.1) is 25.6 Å². The third-order valence-corrected chi connectivity index (χ3v) is 5.75. The van der Waals surface area contributed by atoms with Crippen LogP contribution in [0.3, 0.4) is 0 Å². The van der Waals surface area contributed by atoms with Crippen LogP contribution in [0.25, 0.3) is 11.0 Å². The largest absolute Gasteiger partial charge is 0.497 e. The van der Waals surface area contributed by atoms with Crippen molar-refractivity contribution < 1.29 is 14.3 Å². The Morgan fingerprint density at radius 2 is 1.94 bits per heavy atom. The van der Waals surface area contributed by atoms with Crippen molar-refractivity contribution in [1.29, 1.82) is 0 Å². The van der Waals surface area contributed by atoms with Crippen LogP contribution in [0.1, 0.15) is 23.7 Å². The molecule has 0 radical (unpaired) electrons. The van der Waals surface area contributed by atoms with Crippen LogP contribution < -0.4 is 15.2 Å². The van der Waals surface area contributed by atoms with Crippen molar-refractivity contribution in [2.24, 2.45) is 0 Å². The van der Waals surface area contributed by atoms with Crippen molar-refractivity contribution in [3.8, 4) is 23.3 Å². The molecule has 1 atom stereocenters. The maximum Gasteiger partial charge on any atom is 0.246 e. The average Bonchev–Trinajstić information content (AvgIpc) is 3.48. The molecule has 10 nitrogen and oxygen atoms in total. The van der Waals surface area contributed by atoms with E-state index in [1.54, 1.807) is 26.4 Å². The summed E-state index contributed by atoms with van der Waals surface area (Å²) in [5.74, 6) is 7.82. The monoisotopic (exact) mass is 475 g/mol. The molecule has 3 heterocycles. The van der Waals surface area contributed by atoms with Crippen molar-refractivity contribution in [2.45, 2.75) is 12.5 Å². The highest BCUT2D eigenvalue weighted by Crippen LogP contribution is 2.29. The van der Waals surface area contributed by atoms with Crippen LogP contribution in [0.5, 0.6) is 11.5 Å². The maximum absolute atomic E-state index is 12.6. The number of likely N-dealkylation sites (N-methyl/N-ethyl adjacent to an activating group) is 1. The van der Waals surface area contributed by atoms with E-state index in [4.69, 9.17) is 20.3 Å². The van der Waals surface area contributed by atoms with Crippen molar-refractivity contribution in [3.05, 3.63) is 47.9 Å². The number of rotatable bonds is 6. The topological polar surface area (TPSA) is 112 Å². The van der Waals surface area contributed by atoms with Crippen molar-refractivity contribution >= 4 is 22.8 Å². The number of anilines is 1. The molecule has 35 heavy (non-hydrogen) atoms. The molecule has 1 amide bonds. The number of hydrogen-bond acceptors (Lipinski definition) is 8. The van der Waals surface area contributed by atoms with Crippen LogP contribution in [-0.4, -0.2) is 83.4 Å². The third-order valence-electron chi connectivity index (χ3n) is 5.75. The van der Waals surface area contributed by atoms with E-state index in [-0.39, 0.29) is 11.9 Å². The zero-order chi connectivity index (χ0) is 24.9. The summed E-state index contributed by atoms with van der Waals surface area (Å²) in [6, 6.07) is 5.38. The first-order valence-electron chi connectivity index (χ1n) is 11.2. The van der Waals surface area contributed by atoms with E-state index in [0.29, 0.717) is 59.2 Å². The molecule has 0 spiro atoms. The fourth-order valence-corrected chi connectivity index (χ4v) is 3.96. The van der Waals surface area contributed by atoms with Gasteiger partial charge in [-0.2, -0.15) is 5.10 Å². The minimum absolute atomic E-state index is 0.00746. The second-order valence-corrected chi connectivity index (χ2v) is 8.49. The Kier molecular flexibility index (Phi) is 7.17. The van der Waals surface area contributed by atoms with Crippen molar-refractivity contribution in [2.75, 3.05) is 53.7 Å². The van der Waals surface area contributed by atoms with Gasteiger partial charge in [-0.25, -0.2) is 14.6 Å². The lowest BCUT2D eigenvalue weighted by Crippen LogP contribution is -2.28. The molecule has 10 heteroatoms. The predicted molar refractivity (Wildman–Crippen MR) is 133 cm³/mol. The first kappa shape index (κ1) is 24.0. The van der Waals surface area contributed by atoms with Gasteiger partial charge in [0, 0.05) is 37.3 Å². The van der Waals surface area contributed by atoms with Crippen LogP contribution >= 0.6 is 0 Å². The number of carbonyl (C=O) groups is 1. The van der Waals surface area contributed by atoms with Crippen LogP contribution in [0.4, 0.5) is 5.82 Å². The smallest absolute Gasteiger partial charge is 0.246 e. The molecule has 4 rings (SSSR count). The first-order chi connectivity index (χ1) is 16.9. The van der Waals surface area contributed by atoms with Gasteiger partial charge in [0.15, 0.2) is 5.65 Å². The van der Waals surface area contributed by atoms with Gasteiger partial charge in [-0.05, 0) is 38.6 Å². The van der Waals surface area contributed by atoms with Crippen LogP contribution in [0.15, 0.2) is 36.7 Å². The Hall–Kier alpha value is -4.10. The van der Waals surface area contributed by atoms with Gasteiger partial charge in [0.2, 0.25) is 5.91 Å². The van der Waals surface area contributed by atoms with Gasteiger partial charge in [0.1, 0.15) is 29.3 Å². The minimum Gasteiger partial charge on any atom is -0.497 e. The number of ether oxygens (including phenoxy) is 2. The van der Waals surface area contributed by atoms with Crippen LogP contribution in [-0.2, 0) is 4.79 Å². The quantitative estimate of drug-likeness (QED) is 0.424. The number of methoxy groups -OCH3 is 2. The average molecular weight is 476 g/mol. The van der Waals surface area contributed by atoms with Gasteiger partial charge < -0.3 is 25.0 Å². The Morgan fingerprint density at radius 1 is 1.20 bits per heavy atom. The lowest BCUT2D eigenvalue weighted by atomic mass is 10.2. The molecule has 1 saturated heterocycles. The van der Waals surface area contributed by atoms with Crippen LogP contribution in [0.2, 0.25) is 0 Å². The standard InChI is InChI=1S/C25H29N7O3/c1-30(2)10-5-6-22(33)31-11-9-18(15-31)32-25-23(24(26)27-16-28-25)21(29-32)8-7-17-12-19(34-3)14-20(13-17)35-4/h5-6,12-14,16,18H,9-11,15H2,1-4H3,(H2,26,27,28)/b6-5+.